The van der Waals surface area contributed by atoms with Crippen LogP contribution in [0.15, 0.2) is 66.9 Å². The van der Waals surface area contributed by atoms with Gasteiger partial charge in [0.1, 0.15) is 6.61 Å². The molecule has 0 aliphatic rings. The first-order chi connectivity index (χ1) is 15.6. The van der Waals surface area contributed by atoms with Gasteiger partial charge in [-0.05, 0) is 24.3 Å². The van der Waals surface area contributed by atoms with E-state index in [2.05, 4.69) is 4.98 Å². The maximum atomic E-state index is 12.9. The second-order valence-corrected chi connectivity index (χ2v) is 6.54. The number of nitrogens with zero attached hydrogens (tertiary/aromatic N) is 1. The molecule has 0 saturated heterocycles. The molecular weight excluding hydrogens is 414 g/mol. The first-order valence-corrected chi connectivity index (χ1v) is 9.69. The van der Waals surface area contributed by atoms with Crippen LogP contribution in [0.5, 0.6) is 17.2 Å². The third kappa shape index (κ3) is 5.34. The molecule has 1 atom stereocenters. The van der Waals surface area contributed by atoms with Crippen molar-refractivity contribution in [3.63, 3.8) is 0 Å². The lowest BCUT2D eigenvalue weighted by Crippen LogP contribution is -2.22. The molecule has 0 aliphatic heterocycles. The second kappa shape index (κ2) is 10.8. The Hall–Kier alpha value is -4.07. The van der Waals surface area contributed by atoms with E-state index in [0.29, 0.717) is 17.0 Å². The monoisotopic (exact) mass is 437 g/mol. The highest BCUT2D eigenvalue weighted by Gasteiger charge is 2.28. The molecule has 0 N–H and O–H groups in total. The summed E-state index contributed by atoms with van der Waals surface area (Å²) in [7, 11) is 4.34. The summed E-state index contributed by atoms with van der Waals surface area (Å²) in [5, 5.41) is 0. The lowest BCUT2D eigenvalue weighted by atomic mass is 10.1. The van der Waals surface area contributed by atoms with Crippen molar-refractivity contribution in [1.29, 1.82) is 0 Å². The zero-order chi connectivity index (χ0) is 22.9. The average Bonchev–Trinajstić information content (AvgIpc) is 2.85. The second-order valence-electron chi connectivity index (χ2n) is 6.54. The fraction of sp³-hybridized carbons (Fsp3) is 0.208. The van der Waals surface area contributed by atoms with Gasteiger partial charge in [-0.25, -0.2) is 9.59 Å². The van der Waals surface area contributed by atoms with Crippen molar-refractivity contribution in [3.8, 4) is 17.2 Å². The minimum Gasteiger partial charge on any atom is -0.493 e. The zero-order valence-electron chi connectivity index (χ0n) is 17.9. The highest BCUT2D eigenvalue weighted by molar-refractivity contribution is 5.93. The van der Waals surface area contributed by atoms with Gasteiger partial charge in [0, 0.05) is 11.8 Å². The molecule has 32 heavy (non-hydrogen) atoms. The molecule has 0 radical (unpaired) electrons. The maximum Gasteiger partial charge on any atom is 0.352 e. The van der Waals surface area contributed by atoms with Crippen molar-refractivity contribution >= 4 is 11.9 Å². The smallest absolute Gasteiger partial charge is 0.352 e. The average molecular weight is 437 g/mol. The molecule has 0 saturated carbocycles. The summed E-state index contributed by atoms with van der Waals surface area (Å²) in [6, 6.07) is 16.8. The van der Waals surface area contributed by atoms with E-state index in [1.807, 2.05) is 0 Å². The Bertz CT molecular complexity index is 1030. The molecule has 1 heterocycles. The van der Waals surface area contributed by atoms with E-state index >= 15 is 0 Å². The summed E-state index contributed by atoms with van der Waals surface area (Å²) >= 11 is 0. The van der Waals surface area contributed by atoms with Gasteiger partial charge in [-0.1, -0.05) is 36.4 Å². The Labute approximate surface area is 185 Å². The van der Waals surface area contributed by atoms with Crippen LogP contribution in [-0.4, -0.2) is 38.3 Å². The van der Waals surface area contributed by atoms with Crippen LogP contribution in [0.25, 0.3) is 0 Å². The number of carbonyl (C=O) groups is 2. The summed E-state index contributed by atoms with van der Waals surface area (Å²) in [5.74, 6) is -0.572. The highest BCUT2D eigenvalue weighted by Crippen LogP contribution is 2.38. The third-order valence-corrected chi connectivity index (χ3v) is 4.53. The van der Waals surface area contributed by atoms with Crippen LogP contribution in [0.4, 0.5) is 0 Å². The lowest BCUT2D eigenvalue weighted by Gasteiger charge is -2.18. The Morgan fingerprint density at radius 1 is 0.875 bits per heavy atom. The van der Waals surface area contributed by atoms with Gasteiger partial charge < -0.3 is 23.7 Å². The molecule has 0 spiro atoms. The van der Waals surface area contributed by atoms with Crippen LogP contribution in [0.3, 0.4) is 0 Å². The predicted octanol–water partition coefficient (Wildman–Crippen LogP) is 3.75. The number of benzene rings is 2. The Kier molecular flexibility index (Phi) is 7.64. The zero-order valence-corrected chi connectivity index (χ0v) is 17.9. The Morgan fingerprint density at radius 2 is 1.53 bits per heavy atom. The van der Waals surface area contributed by atoms with Crippen molar-refractivity contribution in [2.75, 3.05) is 21.3 Å². The van der Waals surface area contributed by atoms with E-state index in [-0.39, 0.29) is 23.7 Å². The molecule has 3 rings (SSSR count). The molecule has 166 valence electrons. The van der Waals surface area contributed by atoms with E-state index in [4.69, 9.17) is 23.7 Å². The molecule has 0 bridgehead atoms. The standard InChI is InChI=1S/C24H23NO7/c1-28-19-13-17(14-20(29-2)22(19)30-3)23(26)32-21(16-9-5-4-6-10-16)24(27)31-15-18-11-7-8-12-25-18/h4-14,21H,15H2,1-3H3. The number of hydrogen-bond acceptors (Lipinski definition) is 8. The summed E-state index contributed by atoms with van der Waals surface area (Å²) in [6.45, 7) is -0.0509. The van der Waals surface area contributed by atoms with Crippen LogP contribution in [0.1, 0.15) is 27.7 Å². The maximum absolute atomic E-state index is 12.9. The van der Waals surface area contributed by atoms with E-state index in [1.54, 1.807) is 54.7 Å². The highest BCUT2D eigenvalue weighted by atomic mass is 16.6. The van der Waals surface area contributed by atoms with E-state index in [9.17, 15) is 9.59 Å². The summed E-state index contributed by atoms with van der Waals surface area (Å²) in [4.78, 5) is 29.9. The number of rotatable bonds is 9. The van der Waals surface area contributed by atoms with E-state index in [0.717, 1.165) is 0 Å². The van der Waals surface area contributed by atoms with Crippen LogP contribution >= 0.6 is 0 Å². The van der Waals surface area contributed by atoms with Gasteiger partial charge in [0.25, 0.3) is 0 Å². The van der Waals surface area contributed by atoms with E-state index < -0.39 is 18.0 Å². The van der Waals surface area contributed by atoms with Crippen molar-refractivity contribution in [2.45, 2.75) is 12.7 Å². The Balaban J connectivity index is 1.85. The minimum atomic E-state index is -1.27. The molecule has 8 nitrogen and oxygen atoms in total. The number of pyridine rings is 1. The molecule has 0 aliphatic carbocycles. The van der Waals surface area contributed by atoms with Gasteiger partial charge >= 0.3 is 11.9 Å². The number of aromatic nitrogens is 1. The summed E-state index contributed by atoms with van der Waals surface area (Å²) in [5.41, 5.74) is 1.17. The van der Waals surface area contributed by atoms with Gasteiger partial charge in [0.05, 0.1) is 32.6 Å². The first-order valence-electron chi connectivity index (χ1n) is 9.69. The summed E-state index contributed by atoms with van der Waals surface area (Å²) in [6.07, 6.45) is 0.328. The molecule has 3 aromatic rings. The van der Waals surface area contributed by atoms with Crippen molar-refractivity contribution in [1.82, 2.24) is 4.98 Å². The van der Waals surface area contributed by atoms with E-state index in [1.165, 1.54) is 33.5 Å². The molecular formula is C24H23NO7. The molecule has 8 heteroatoms. The number of methoxy groups -OCH3 is 3. The first kappa shape index (κ1) is 22.6. The largest absolute Gasteiger partial charge is 0.493 e. The van der Waals surface area contributed by atoms with Gasteiger partial charge in [0.2, 0.25) is 11.9 Å². The van der Waals surface area contributed by atoms with Gasteiger partial charge in [-0.3, -0.25) is 4.98 Å². The van der Waals surface area contributed by atoms with Crippen LogP contribution in [0, 0.1) is 0 Å². The number of ether oxygens (including phenoxy) is 5. The number of hydrogen-bond donors (Lipinski definition) is 0. The fourth-order valence-electron chi connectivity index (χ4n) is 2.96. The quantitative estimate of drug-likeness (QED) is 0.467. The van der Waals surface area contributed by atoms with Crippen LogP contribution in [-0.2, 0) is 20.9 Å². The minimum absolute atomic E-state index is 0.0509. The van der Waals surface area contributed by atoms with Crippen LogP contribution < -0.4 is 14.2 Å². The normalized spacial score (nSPS) is 11.2. The van der Waals surface area contributed by atoms with Crippen molar-refractivity contribution in [2.24, 2.45) is 0 Å². The Morgan fingerprint density at radius 3 is 2.09 bits per heavy atom. The number of esters is 2. The van der Waals surface area contributed by atoms with Crippen molar-refractivity contribution in [3.05, 3.63) is 83.7 Å². The molecule has 2 aromatic carbocycles. The van der Waals surface area contributed by atoms with Crippen LogP contribution in [0.2, 0.25) is 0 Å². The predicted molar refractivity (Wildman–Crippen MR) is 115 cm³/mol. The fourth-order valence-corrected chi connectivity index (χ4v) is 2.96. The lowest BCUT2D eigenvalue weighted by molar-refractivity contribution is -0.156. The molecule has 1 aromatic heterocycles. The number of carbonyl (C=O) groups excluding carboxylic acids is 2. The topological polar surface area (TPSA) is 93.2 Å². The third-order valence-electron chi connectivity index (χ3n) is 4.53. The molecule has 1 unspecified atom stereocenters. The van der Waals surface area contributed by atoms with Gasteiger partial charge in [-0.2, -0.15) is 0 Å². The van der Waals surface area contributed by atoms with Gasteiger partial charge in [-0.15, -0.1) is 0 Å². The van der Waals surface area contributed by atoms with Crippen molar-refractivity contribution < 1.29 is 33.3 Å². The SMILES string of the molecule is COc1cc(C(=O)OC(C(=O)OCc2ccccn2)c2ccccc2)cc(OC)c1OC. The molecule has 0 amide bonds. The molecule has 0 fully saturated rings. The van der Waals surface area contributed by atoms with Gasteiger partial charge in [0.15, 0.2) is 11.5 Å². The summed E-state index contributed by atoms with van der Waals surface area (Å²) < 4.78 is 26.8.